The molecule has 0 radical (unpaired) electrons. The van der Waals surface area contributed by atoms with Gasteiger partial charge in [0.15, 0.2) is 0 Å². The lowest BCUT2D eigenvalue weighted by atomic mass is 10.1. The zero-order valence-electron chi connectivity index (χ0n) is 14.9. The highest BCUT2D eigenvalue weighted by Gasteiger charge is 2.42. The molecule has 0 aromatic heterocycles. The number of hydrogen-bond acceptors (Lipinski definition) is 5. The van der Waals surface area contributed by atoms with E-state index >= 15 is 0 Å². The summed E-state index contributed by atoms with van der Waals surface area (Å²) in [6.07, 6.45) is 5.05. The van der Waals surface area contributed by atoms with Crippen LogP contribution in [0.2, 0.25) is 0 Å². The van der Waals surface area contributed by atoms with Gasteiger partial charge >= 0.3 is 12.1 Å². The number of carbonyl (C=O) groups excluding carboxylic acids is 4. The van der Waals surface area contributed by atoms with Crippen molar-refractivity contribution in [3.8, 4) is 0 Å². The van der Waals surface area contributed by atoms with Crippen LogP contribution in [0.5, 0.6) is 0 Å². The maximum absolute atomic E-state index is 12.2. The highest BCUT2D eigenvalue weighted by Crippen LogP contribution is 2.17. The van der Waals surface area contributed by atoms with E-state index in [4.69, 9.17) is 4.74 Å². The van der Waals surface area contributed by atoms with Gasteiger partial charge in [-0.3, -0.25) is 14.5 Å². The normalized spacial score (nSPS) is 16.5. The Hall–Kier alpha value is -1.92. The summed E-state index contributed by atoms with van der Waals surface area (Å²) in [5.74, 6) is -1.41. The maximum Gasteiger partial charge on any atom is 0.425 e. The van der Waals surface area contributed by atoms with E-state index in [1.54, 1.807) is 6.92 Å². The second-order valence-corrected chi connectivity index (χ2v) is 5.94. The average Bonchev–Trinajstić information content (AvgIpc) is 2.53. The van der Waals surface area contributed by atoms with Gasteiger partial charge in [-0.15, -0.1) is 0 Å². The summed E-state index contributed by atoms with van der Waals surface area (Å²) in [7, 11) is 0. The molecular weight excluding hydrogens is 312 g/mol. The zero-order valence-corrected chi connectivity index (χ0v) is 14.9. The van der Waals surface area contributed by atoms with E-state index in [9.17, 15) is 19.2 Å². The lowest BCUT2D eigenvalue weighted by Gasteiger charge is -2.30. The van der Waals surface area contributed by atoms with Gasteiger partial charge in [-0.1, -0.05) is 39.5 Å². The van der Waals surface area contributed by atoms with Crippen LogP contribution >= 0.6 is 0 Å². The molecule has 1 saturated heterocycles. The Morgan fingerprint density at radius 1 is 1.04 bits per heavy atom. The van der Waals surface area contributed by atoms with Crippen LogP contribution in [0.1, 0.15) is 72.1 Å². The van der Waals surface area contributed by atoms with Gasteiger partial charge in [-0.2, -0.15) is 4.90 Å². The molecule has 1 unspecified atom stereocenters. The lowest BCUT2D eigenvalue weighted by molar-refractivity contribution is -0.141. The number of rotatable bonds is 9. The molecule has 24 heavy (non-hydrogen) atoms. The van der Waals surface area contributed by atoms with Crippen molar-refractivity contribution in [3.05, 3.63) is 0 Å². The van der Waals surface area contributed by atoms with E-state index in [1.165, 1.54) is 6.42 Å². The fourth-order valence-corrected chi connectivity index (χ4v) is 2.65. The van der Waals surface area contributed by atoms with Crippen molar-refractivity contribution in [3.63, 3.8) is 0 Å². The summed E-state index contributed by atoms with van der Waals surface area (Å²) < 4.78 is 5.32. The van der Waals surface area contributed by atoms with E-state index < -0.39 is 30.4 Å². The van der Waals surface area contributed by atoms with Crippen LogP contribution < -0.4 is 0 Å². The molecule has 7 heteroatoms. The molecule has 0 aromatic carbocycles. The first-order chi connectivity index (χ1) is 11.5. The fourth-order valence-electron chi connectivity index (χ4n) is 2.65. The quantitative estimate of drug-likeness (QED) is 0.474. The Morgan fingerprint density at radius 2 is 1.71 bits per heavy atom. The fraction of sp³-hybridized carbons (Fsp3) is 0.765. The van der Waals surface area contributed by atoms with Crippen molar-refractivity contribution >= 4 is 23.9 Å². The van der Waals surface area contributed by atoms with Crippen LogP contribution in [-0.2, 0) is 14.3 Å². The van der Waals surface area contributed by atoms with Crippen molar-refractivity contribution in [1.29, 1.82) is 0 Å². The van der Waals surface area contributed by atoms with Crippen molar-refractivity contribution in [2.45, 2.75) is 78.2 Å². The topological polar surface area (TPSA) is 84.0 Å². The number of ether oxygens (including phenoxy) is 1. The molecule has 1 aliphatic heterocycles. The van der Waals surface area contributed by atoms with Crippen molar-refractivity contribution in [1.82, 2.24) is 9.80 Å². The molecule has 1 atom stereocenters. The summed E-state index contributed by atoms with van der Waals surface area (Å²) in [4.78, 5) is 49.2. The van der Waals surface area contributed by atoms with Crippen molar-refractivity contribution < 1.29 is 23.9 Å². The standard InChI is InChI=1S/C17H28N2O5/c1-4-7-8-9-10-11-13(5-2)24-17(23)19-15(21)12-14(20)18(6-3)16(19)22/h13H,4-12H2,1-3H3. The summed E-state index contributed by atoms with van der Waals surface area (Å²) in [6.45, 7) is 5.77. The number of urea groups is 1. The summed E-state index contributed by atoms with van der Waals surface area (Å²) in [6, 6.07) is -0.915. The zero-order chi connectivity index (χ0) is 18.1. The molecule has 1 rings (SSSR count). The number of carbonyl (C=O) groups is 4. The Balaban J connectivity index is 2.58. The summed E-state index contributed by atoms with van der Waals surface area (Å²) in [5.41, 5.74) is 0. The number of nitrogens with zero attached hydrogens (tertiary/aromatic N) is 2. The van der Waals surface area contributed by atoms with Crippen LogP contribution in [0.4, 0.5) is 9.59 Å². The van der Waals surface area contributed by atoms with Gasteiger partial charge in [-0.25, -0.2) is 9.59 Å². The van der Waals surface area contributed by atoms with E-state index in [0.717, 1.165) is 30.6 Å². The minimum absolute atomic E-state index is 0.114. The van der Waals surface area contributed by atoms with Crippen molar-refractivity contribution in [2.75, 3.05) is 6.54 Å². The van der Waals surface area contributed by atoms with E-state index in [-0.39, 0.29) is 12.6 Å². The minimum Gasteiger partial charge on any atom is -0.445 e. The number of unbranched alkanes of at least 4 members (excludes halogenated alkanes) is 4. The summed E-state index contributed by atoms with van der Waals surface area (Å²) >= 11 is 0. The number of amides is 5. The van der Waals surface area contributed by atoms with Gasteiger partial charge in [0.05, 0.1) is 0 Å². The van der Waals surface area contributed by atoms with Crippen LogP contribution in [0.15, 0.2) is 0 Å². The SMILES string of the molecule is CCCCCCCC(CC)OC(=O)N1C(=O)CC(=O)N(CC)C1=O. The van der Waals surface area contributed by atoms with Gasteiger partial charge in [0.1, 0.15) is 12.5 Å². The van der Waals surface area contributed by atoms with Gasteiger partial charge in [0, 0.05) is 6.54 Å². The second-order valence-electron chi connectivity index (χ2n) is 5.94. The van der Waals surface area contributed by atoms with Gasteiger partial charge in [-0.05, 0) is 26.2 Å². The van der Waals surface area contributed by atoms with Crippen LogP contribution in [0.3, 0.4) is 0 Å². The Labute approximate surface area is 143 Å². The predicted molar refractivity (Wildman–Crippen MR) is 88.2 cm³/mol. The smallest absolute Gasteiger partial charge is 0.425 e. The van der Waals surface area contributed by atoms with E-state index in [1.807, 2.05) is 6.92 Å². The molecule has 1 aliphatic rings. The largest absolute Gasteiger partial charge is 0.445 e. The van der Waals surface area contributed by atoms with Gasteiger partial charge in [0.25, 0.3) is 0 Å². The molecule has 0 bridgehead atoms. The van der Waals surface area contributed by atoms with Crippen molar-refractivity contribution in [2.24, 2.45) is 0 Å². The molecule has 0 spiro atoms. The maximum atomic E-state index is 12.2. The van der Waals surface area contributed by atoms with Gasteiger partial charge < -0.3 is 4.74 Å². The molecular formula is C17H28N2O5. The molecule has 0 N–H and O–H groups in total. The van der Waals surface area contributed by atoms with Crippen LogP contribution in [-0.4, -0.2) is 46.4 Å². The molecule has 5 amide bonds. The van der Waals surface area contributed by atoms with E-state index in [2.05, 4.69) is 6.92 Å². The Bertz CT molecular complexity index is 478. The van der Waals surface area contributed by atoms with Crippen LogP contribution in [0, 0.1) is 0 Å². The Morgan fingerprint density at radius 3 is 2.29 bits per heavy atom. The first-order valence-corrected chi connectivity index (χ1v) is 8.84. The third-order valence-electron chi connectivity index (χ3n) is 4.13. The van der Waals surface area contributed by atoms with E-state index in [0.29, 0.717) is 17.7 Å². The highest BCUT2D eigenvalue weighted by atomic mass is 16.6. The molecule has 7 nitrogen and oxygen atoms in total. The molecule has 0 aromatic rings. The number of barbiturate groups is 1. The first kappa shape index (κ1) is 20.1. The second kappa shape index (κ2) is 10.1. The molecule has 1 heterocycles. The molecule has 0 aliphatic carbocycles. The molecule has 0 saturated carbocycles. The molecule has 136 valence electrons. The summed E-state index contributed by atoms with van der Waals surface area (Å²) in [5, 5.41) is 0. The van der Waals surface area contributed by atoms with Gasteiger partial charge in [0.2, 0.25) is 11.8 Å². The average molecular weight is 340 g/mol. The third kappa shape index (κ3) is 5.32. The number of hydrogen-bond donors (Lipinski definition) is 0. The first-order valence-electron chi connectivity index (χ1n) is 8.84. The highest BCUT2D eigenvalue weighted by molar-refractivity contribution is 6.20. The third-order valence-corrected chi connectivity index (χ3v) is 4.13. The lowest BCUT2D eigenvalue weighted by Crippen LogP contribution is -2.57. The molecule has 1 fully saturated rings. The Kier molecular flexibility index (Phi) is 8.43. The monoisotopic (exact) mass is 340 g/mol. The van der Waals surface area contributed by atoms with Crippen LogP contribution in [0.25, 0.3) is 0 Å². The number of imide groups is 4. The predicted octanol–water partition coefficient (Wildman–Crippen LogP) is 3.46. The minimum atomic E-state index is -0.976.